The van der Waals surface area contributed by atoms with Gasteiger partial charge in [0.25, 0.3) is 0 Å². The highest BCUT2D eigenvalue weighted by atomic mass is 32.2. The highest BCUT2D eigenvalue weighted by Crippen LogP contribution is 2.34. The predicted molar refractivity (Wildman–Crippen MR) is 126 cm³/mol. The third-order valence-corrected chi connectivity index (χ3v) is 7.75. The van der Waals surface area contributed by atoms with Crippen LogP contribution in [0.15, 0.2) is 54.6 Å². The van der Waals surface area contributed by atoms with Crippen molar-refractivity contribution < 1.29 is 19.8 Å². The van der Waals surface area contributed by atoms with Gasteiger partial charge in [0.15, 0.2) is 0 Å². The maximum atomic E-state index is 12.3. The van der Waals surface area contributed by atoms with Crippen LogP contribution in [0, 0.1) is 5.92 Å². The predicted octanol–water partition coefficient (Wildman–Crippen LogP) is 4.59. The average molecular weight is 445 g/mol. The molecule has 2 aromatic rings. The number of aliphatic carboxylic acids is 1. The van der Waals surface area contributed by atoms with E-state index in [1.165, 1.54) is 22.5 Å². The molecule has 3 unspecified atom stereocenters. The van der Waals surface area contributed by atoms with E-state index in [1.807, 2.05) is 24.3 Å². The summed E-state index contributed by atoms with van der Waals surface area (Å²) in [5, 5.41) is 21.5. The number of Topliss-reactive ketones (excluding diaryl/α,β-unsaturated/α-hetero) is 1. The molecule has 1 saturated carbocycles. The van der Waals surface area contributed by atoms with Crippen molar-refractivity contribution in [2.45, 2.75) is 37.0 Å². The minimum atomic E-state index is -0.786. The first-order valence-electron chi connectivity index (χ1n) is 10.3. The number of fused-ring (bicyclic) bond motifs is 1. The van der Waals surface area contributed by atoms with Gasteiger partial charge in [0.2, 0.25) is 0 Å². The molecule has 1 fully saturated rings. The van der Waals surface area contributed by atoms with Crippen LogP contribution < -0.4 is 0 Å². The third kappa shape index (κ3) is 6.89. The molecule has 1 aliphatic rings. The molecule has 6 heteroatoms. The lowest BCUT2D eigenvalue weighted by atomic mass is 10.0. The maximum Gasteiger partial charge on any atom is 0.313 e. The van der Waals surface area contributed by atoms with E-state index in [0.29, 0.717) is 12.8 Å². The molecule has 0 bridgehead atoms. The first kappa shape index (κ1) is 22.9. The summed E-state index contributed by atoms with van der Waals surface area (Å²) in [7, 11) is 0. The normalized spacial score (nSPS) is 20.2. The van der Waals surface area contributed by atoms with E-state index < -0.39 is 12.1 Å². The van der Waals surface area contributed by atoms with Crippen LogP contribution in [0.4, 0.5) is 0 Å². The number of thioether (sulfide) groups is 2. The molecule has 1 aliphatic carbocycles. The Labute approximate surface area is 186 Å². The number of hydrogen-bond donors (Lipinski definition) is 2. The number of benzene rings is 2. The molecule has 0 saturated heterocycles. The van der Waals surface area contributed by atoms with E-state index in [1.54, 1.807) is 11.8 Å². The molecular weight excluding hydrogens is 416 g/mol. The molecule has 30 heavy (non-hydrogen) atoms. The Morgan fingerprint density at radius 2 is 1.97 bits per heavy atom. The lowest BCUT2D eigenvalue weighted by Crippen LogP contribution is -2.17. The minimum Gasteiger partial charge on any atom is -0.481 e. The number of carbonyl (C=O) groups is 2. The molecule has 160 valence electrons. The Balaban J connectivity index is 1.47. The topological polar surface area (TPSA) is 74.6 Å². The van der Waals surface area contributed by atoms with Crippen molar-refractivity contribution in [3.8, 4) is 0 Å². The smallest absolute Gasteiger partial charge is 0.313 e. The molecule has 3 atom stereocenters. The van der Waals surface area contributed by atoms with Crippen molar-refractivity contribution in [1.82, 2.24) is 0 Å². The molecule has 3 rings (SSSR count). The van der Waals surface area contributed by atoms with Crippen molar-refractivity contribution in [3.63, 3.8) is 0 Å². The largest absolute Gasteiger partial charge is 0.481 e. The second-order valence-corrected chi connectivity index (χ2v) is 9.95. The molecule has 0 spiro atoms. The number of allylic oxidation sites excluding steroid dienone is 1. The molecule has 0 amide bonds. The van der Waals surface area contributed by atoms with Crippen LogP contribution in [0.1, 0.15) is 24.8 Å². The fourth-order valence-electron chi connectivity index (χ4n) is 3.73. The summed E-state index contributed by atoms with van der Waals surface area (Å²) >= 11 is 3.09. The van der Waals surface area contributed by atoms with Crippen molar-refractivity contribution in [2.24, 2.45) is 5.92 Å². The summed E-state index contributed by atoms with van der Waals surface area (Å²) in [5.74, 6) is 1.45. The number of carboxylic acid groups (broad SMARTS) is 1. The molecule has 0 radical (unpaired) electrons. The van der Waals surface area contributed by atoms with Gasteiger partial charge in [0, 0.05) is 12.8 Å². The molecule has 0 heterocycles. The molecule has 0 aromatic heterocycles. The number of ketones is 1. The summed E-state index contributed by atoms with van der Waals surface area (Å²) in [4.78, 5) is 22.8. The monoisotopic (exact) mass is 444 g/mol. The molecule has 2 N–H and O–H groups in total. The number of aliphatic hydroxyl groups excluding tert-OH is 1. The number of aliphatic hydroxyl groups is 1. The van der Waals surface area contributed by atoms with E-state index in [2.05, 4.69) is 30.3 Å². The van der Waals surface area contributed by atoms with Crippen molar-refractivity contribution in [1.29, 1.82) is 0 Å². The van der Waals surface area contributed by atoms with E-state index in [9.17, 15) is 14.7 Å². The van der Waals surface area contributed by atoms with Crippen LogP contribution in [0.2, 0.25) is 0 Å². The van der Waals surface area contributed by atoms with Gasteiger partial charge in [-0.15, -0.1) is 11.8 Å². The van der Waals surface area contributed by atoms with E-state index >= 15 is 0 Å². The number of carboxylic acids is 1. The second kappa shape index (κ2) is 11.6. The SMILES string of the molecule is O=C(O)CSCCCSC1C(=O)CCC1/C=C/C(O)Cc1ccc2ccccc2c1. The van der Waals surface area contributed by atoms with Gasteiger partial charge in [-0.3, -0.25) is 9.59 Å². The second-order valence-electron chi connectivity index (χ2n) is 7.60. The van der Waals surface area contributed by atoms with Gasteiger partial charge < -0.3 is 10.2 Å². The van der Waals surface area contributed by atoms with E-state index in [0.717, 1.165) is 29.9 Å². The third-order valence-electron chi connectivity index (χ3n) is 5.23. The summed E-state index contributed by atoms with van der Waals surface area (Å²) in [5.41, 5.74) is 1.10. The van der Waals surface area contributed by atoms with Crippen molar-refractivity contribution >= 4 is 46.0 Å². The van der Waals surface area contributed by atoms with Gasteiger partial charge >= 0.3 is 5.97 Å². The summed E-state index contributed by atoms with van der Waals surface area (Å²) in [6.07, 6.45) is 6.18. The Hall–Kier alpha value is -1.76. The molecule has 4 nitrogen and oxygen atoms in total. The Bertz CT molecular complexity index is 896. The number of hydrogen-bond acceptors (Lipinski definition) is 5. The summed E-state index contributed by atoms with van der Waals surface area (Å²) < 4.78 is 0. The van der Waals surface area contributed by atoms with E-state index in [4.69, 9.17) is 5.11 Å². The van der Waals surface area contributed by atoms with Crippen LogP contribution >= 0.6 is 23.5 Å². The lowest BCUT2D eigenvalue weighted by molar-refractivity contribution is -0.133. The quantitative estimate of drug-likeness (QED) is 0.390. The minimum absolute atomic E-state index is 0.0430. The maximum absolute atomic E-state index is 12.3. The summed E-state index contributed by atoms with van der Waals surface area (Å²) in [6, 6.07) is 14.4. The van der Waals surface area contributed by atoms with Gasteiger partial charge in [-0.1, -0.05) is 54.6 Å². The van der Waals surface area contributed by atoms with Crippen LogP contribution in [-0.2, 0) is 16.0 Å². The van der Waals surface area contributed by atoms with Crippen LogP contribution in [-0.4, -0.2) is 50.6 Å². The zero-order valence-corrected chi connectivity index (χ0v) is 18.5. The van der Waals surface area contributed by atoms with E-state index in [-0.39, 0.29) is 22.7 Å². The average Bonchev–Trinajstić information content (AvgIpc) is 3.08. The number of rotatable bonds is 11. The molecular formula is C24H28O4S2. The highest BCUT2D eigenvalue weighted by molar-refractivity contribution is 8.01. The fourth-order valence-corrected chi connectivity index (χ4v) is 5.92. The van der Waals surface area contributed by atoms with Crippen LogP contribution in [0.25, 0.3) is 10.8 Å². The van der Waals surface area contributed by atoms with Crippen molar-refractivity contribution in [2.75, 3.05) is 17.3 Å². The molecule has 0 aliphatic heterocycles. The van der Waals surface area contributed by atoms with Crippen LogP contribution in [0.5, 0.6) is 0 Å². The van der Waals surface area contributed by atoms with Crippen molar-refractivity contribution in [3.05, 3.63) is 60.2 Å². The standard InChI is InChI=1S/C24H28O4S2/c25-21(15-17-6-7-18-4-1-2-5-20(18)14-17)10-8-19-9-11-22(26)24(19)30-13-3-12-29-16-23(27)28/h1-2,4-8,10,14,19,21,24-25H,3,9,11-13,15-16H2,(H,27,28)/b10-8+. The first-order chi connectivity index (χ1) is 14.5. The highest BCUT2D eigenvalue weighted by Gasteiger charge is 2.33. The zero-order valence-electron chi connectivity index (χ0n) is 16.9. The number of carbonyl (C=O) groups excluding carboxylic acids is 1. The molecule has 2 aromatic carbocycles. The fraction of sp³-hybridized carbons (Fsp3) is 0.417. The van der Waals surface area contributed by atoms with Gasteiger partial charge in [-0.25, -0.2) is 0 Å². The van der Waals surface area contributed by atoms with Gasteiger partial charge in [-0.2, -0.15) is 11.8 Å². The van der Waals surface area contributed by atoms with Gasteiger partial charge in [0.05, 0.1) is 17.1 Å². The zero-order chi connectivity index (χ0) is 21.3. The lowest BCUT2D eigenvalue weighted by Gasteiger charge is -2.15. The first-order valence-corrected chi connectivity index (χ1v) is 12.5. The Kier molecular flexibility index (Phi) is 8.85. The Morgan fingerprint density at radius 3 is 2.77 bits per heavy atom. The van der Waals surface area contributed by atoms with Gasteiger partial charge in [-0.05, 0) is 46.6 Å². The van der Waals surface area contributed by atoms with Gasteiger partial charge in [0.1, 0.15) is 5.78 Å². The summed E-state index contributed by atoms with van der Waals surface area (Å²) in [6.45, 7) is 0. The van der Waals surface area contributed by atoms with Crippen LogP contribution in [0.3, 0.4) is 0 Å². The Morgan fingerprint density at radius 1 is 1.17 bits per heavy atom.